The Bertz CT molecular complexity index is 33.8. The van der Waals surface area contributed by atoms with Crippen molar-refractivity contribution in [3.05, 3.63) is 0 Å². The van der Waals surface area contributed by atoms with Gasteiger partial charge in [0.1, 0.15) is 0 Å². The summed E-state index contributed by atoms with van der Waals surface area (Å²) in [5.74, 6) is 0. The molecular formula is CH2ClCsO3. The maximum absolute atomic E-state index is 8.56. The second kappa shape index (κ2) is 9.79. The smallest absolute Gasteiger partial charge is 1.00 e. The maximum atomic E-state index is 8.56. The first-order valence-corrected chi connectivity index (χ1v) is 0.651. The predicted molar refractivity (Wildman–Crippen MR) is 10.7 cm³/mol. The molecule has 0 radical (unpaired) electrons. The Kier molecular flexibility index (Phi) is 25.5. The molecule has 0 aromatic heterocycles. The van der Waals surface area contributed by atoms with E-state index in [9.17, 15) is 0 Å². The number of carboxylic acid groups (broad SMARTS) is 2. The van der Waals surface area contributed by atoms with Gasteiger partial charge in [-0.15, -0.1) is 0 Å². The topological polar surface area (TPSA) is 57.5 Å². The van der Waals surface area contributed by atoms with Gasteiger partial charge in [0.2, 0.25) is 0 Å². The molecule has 0 heterocycles. The predicted octanol–water partition coefficient (Wildman–Crippen LogP) is -5.77. The molecule has 0 fully saturated rings. The average molecular weight is 230 g/mol. The molecule has 0 amide bonds. The van der Waals surface area contributed by atoms with Gasteiger partial charge in [0.25, 0.3) is 0 Å². The zero-order valence-electron chi connectivity index (χ0n) is 3.18. The summed E-state index contributed by atoms with van der Waals surface area (Å²) in [6.07, 6.45) is -1.83. The van der Waals surface area contributed by atoms with Crippen molar-refractivity contribution in [2.45, 2.75) is 0 Å². The van der Waals surface area contributed by atoms with Crippen LogP contribution < -0.4 is 81.3 Å². The molecule has 0 unspecified atom stereocenters. The van der Waals surface area contributed by atoms with Gasteiger partial charge in [-0.1, -0.05) is 0 Å². The summed E-state index contributed by atoms with van der Waals surface area (Å²) >= 11 is 0. The van der Waals surface area contributed by atoms with Crippen molar-refractivity contribution in [1.82, 2.24) is 0 Å². The van der Waals surface area contributed by atoms with E-state index < -0.39 is 6.16 Å². The van der Waals surface area contributed by atoms with E-state index in [0.717, 1.165) is 0 Å². The third kappa shape index (κ3) is 45.9. The van der Waals surface area contributed by atoms with Gasteiger partial charge in [-0.05, 0) is 0 Å². The second-order valence-electron chi connectivity index (χ2n) is 0.283. The molecular weight excluding hydrogens is 228 g/mol. The molecule has 32 valence electrons. The van der Waals surface area contributed by atoms with Crippen LogP contribution in [0.3, 0.4) is 0 Å². The van der Waals surface area contributed by atoms with Crippen LogP contribution in [0.25, 0.3) is 0 Å². The molecule has 0 bridgehead atoms. The van der Waals surface area contributed by atoms with Gasteiger partial charge in [0, 0.05) is 0 Å². The third-order valence-electron chi connectivity index (χ3n) is 0. The Morgan fingerprint density at radius 2 is 1.33 bits per heavy atom. The number of hydrogen-bond donors (Lipinski definition) is 2. The van der Waals surface area contributed by atoms with Gasteiger partial charge in [-0.25, -0.2) is 4.79 Å². The normalized spacial score (nSPS) is 4.00. The van der Waals surface area contributed by atoms with Gasteiger partial charge in [0.15, 0.2) is 0 Å². The molecule has 0 aromatic carbocycles. The quantitative estimate of drug-likeness (QED) is 0.436. The summed E-state index contributed by atoms with van der Waals surface area (Å²) in [5, 5.41) is 13.9. The average Bonchev–Trinajstić information content (AvgIpc) is 0.811. The second-order valence-corrected chi connectivity index (χ2v) is 0.283. The van der Waals surface area contributed by atoms with E-state index in [1.807, 2.05) is 0 Å². The van der Waals surface area contributed by atoms with Crippen LogP contribution in [0, 0.1) is 0 Å². The maximum Gasteiger partial charge on any atom is 1.00 e. The fourth-order valence-electron chi connectivity index (χ4n) is 0. The van der Waals surface area contributed by atoms with E-state index in [1.54, 1.807) is 0 Å². The van der Waals surface area contributed by atoms with Crippen molar-refractivity contribution in [3.63, 3.8) is 0 Å². The van der Waals surface area contributed by atoms with Crippen molar-refractivity contribution in [2.75, 3.05) is 0 Å². The largest absolute Gasteiger partial charge is 1.00 e. The summed E-state index contributed by atoms with van der Waals surface area (Å²) in [5.41, 5.74) is 0. The minimum absolute atomic E-state index is 0. The molecule has 0 saturated carbocycles. The summed E-state index contributed by atoms with van der Waals surface area (Å²) in [4.78, 5) is 8.56. The molecule has 6 heavy (non-hydrogen) atoms. The first-order chi connectivity index (χ1) is 1.73. The van der Waals surface area contributed by atoms with Crippen LogP contribution in [-0.4, -0.2) is 16.4 Å². The monoisotopic (exact) mass is 230 g/mol. The van der Waals surface area contributed by atoms with Gasteiger partial charge in [-0.3, -0.25) is 0 Å². The molecule has 5 heteroatoms. The minimum atomic E-state index is -1.83. The number of carbonyl (C=O) groups is 1. The minimum Gasteiger partial charge on any atom is -1.00 e. The Morgan fingerprint density at radius 1 is 1.33 bits per heavy atom. The van der Waals surface area contributed by atoms with Crippen LogP contribution in [0.15, 0.2) is 0 Å². The number of halogens is 1. The fraction of sp³-hybridized carbons (Fsp3) is 0. The van der Waals surface area contributed by atoms with Crippen LogP contribution in [0.5, 0.6) is 0 Å². The number of rotatable bonds is 0. The Labute approximate surface area is 99.9 Å². The van der Waals surface area contributed by atoms with Crippen LogP contribution in [0.1, 0.15) is 0 Å². The molecule has 3 nitrogen and oxygen atoms in total. The van der Waals surface area contributed by atoms with E-state index in [1.165, 1.54) is 0 Å². The van der Waals surface area contributed by atoms with Crippen LogP contribution >= 0.6 is 0 Å². The molecule has 0 saturated heterocycles. The number of hydrogen-bond acceptors (Lipinski definition) is 1. The summed E-state index contributed by atoms with van der Waals surface area (Å²) in [6.45, 7) is 0. The van der Waals surface area contributed by atoms with E-state index >= 15 is 0 Å². The van der Waals surface area contributed by atoms with Crippen molar-refractivity contribution >= 4 is 6.16 Å². The van der Waals surface area contributed by atoms with E-state index in [2.05, 4.69) is 0 Å². The van der Waals surface area contributed by atoms with Crippen molar-refractivity contribution < 1.29 is 96.3 Å². The van der Waals surface area contributed by atoms with Crippen LogP contribution in [0.4, 0.5) is 4.79 Å². The Balaban J connectivity index is -0.0000000450. The Hall–Kier alpha value is 1.61. The van der Waals surface area contributed by atoms with Crippen molar-refractivity contribution in [1.29, 1.82) is 0 Å². The SMILES string of the molecule is O=C(O)O.[Cl-].[Cs+]. The fourth-order valence-corrected chi connectivity index (χ4v) is 0. The Morgan fingerprint density at radius 3 is 1.33 bits per heavy atom. The summed E-state index contributed by atoms with van der Waals surface area (Å²) in [7, 11) is 0. The van der Waals surface area contributed by atoms with Crippen molar-refractivity contribution in [2.24, 2.45) is 0 Å². The van der Waals surface area contributed by atoms with E-state index in [4.69, 9.17) is 15.0 Å². The zero-order valence-corrected chi connectivity index (χ0v) is 10.2. The summed E-state index contributed by atoms with van der Waals surface area (Å²) < 4.78 is 0. The third-order valence-corrected chi connectivity index (χ3v) is 0. The van der Waals surface area contributed by atoms with Crippen molar-refractivity contribution in [3.8, 4) is 0 Å². The van der Waals surface area contributed by atoms with Crippen LogP contribution in [-0.2, 0) is 0 Å². The molecule has 0 aliphatic rings. The molecule has 2 N–H and O–H groups in total. The standard InChI is InChI=1S/CH2O3.ClH.Cs/c2-1(3)4;;/h(H2,2,3,4);1H;/q;;+1/p-1. The van der Waals surface area contributed by atoms with Crippen LogP contribution in [0.2, 0.25) is 0 Å². The van der Waals surface area contributed by atoms with E-state index in [0.29, 0.717) is 0 Å². The summed E-state index contributed by atoms with van der Waals surface area (Å²) in [6, 6.07) is 0. The molecule has 0 spiro atoms. The van der Waals surface area contributed by atoms with Gasteiger partial charge in [-0.2, -0.15) is 0 Å². The van der Waals surface area contributed by atoms with E-state index in [-0.39, 0.29) is 81.3 Å². The molecule has 0 aliphatic carbocycles. The zero-order chi connectivity index (χ0) is 3.58. The first-order valence-electron chi connectivity index (χ1n) is 0.651. The molecule has 0 aromatic rings. The van der Waals surface area contributed by atoms with Gasteiger partial charge < -0.3 is 22.6 Å². The molecule has 0 aliphatic heterocycles. The molecule has 0 rings (SSSR count). The van der Waals surface area contributed by atoms with Gasteiger partial charge in [0.05, 0.1) is 0 Å². The first kappa shape index (κ1) is 15.6. The van der Waals surface area contributed by atoms with Gasteiger partial charge >= 0.3 is 75.0 Å². The molecule has 0 atom stereocenters.